The number of nitrogens with one attached hydrogen (secondary N) is 1. The molecule has 1 N–H and O–H groups in total. The van der Waals surface area contributed by atoms with E-state index in [0.29, 0.717) is 25.1 Å². The Morgan fingerprint density at radius 3 is 2.46 bits per heavy atom. The largest absolute Gasteiger partial charge is 0.481 e. The minimum atomic E-state index is -0.514. The number of ether oxygens (including phenoxy) is 1. The van der Waals surface area contributed by atoms with Gasteiger partial charge in [0.2, 0.25) is 0 Å². The third kappa shape index (κ3) is 5.08. The van der Waals surface area contributed by atoms with Gasteiger partial charge in [-0.1, -0.05) is 25.1 Å². The zero-order valence-corrected chi connectivity index (χ0v) is 14.4. The number of carbonyl (C=O) groups is 1. The number of hydrogen-bond donors (Lipinski definition) is 1. The summed E-state index contributed by atoms with van der Waals surface area (Å²) in [7, 11) is 0. The fourth-order valence-corrected chi connectivity index (χ4v) is 2.37. The van der Waals surface area contributed by atoms with Crippen molar-refractivity contribution in [2.24, 2.45) is 0 Å². The molecule has 0 bridgehead atoms. The predicted octanol–water partition coefficient (Wildman–Crippen LogP) is 3.96. The molecule has 0 aromatic heterocycles. The van der Waals surface area contributed by atoms with E-state index >= 15 is 0 Å². The van der Waals surface area contributed by atoms with Crippen molar-refractivity contribution in [2.45, 2.75) is 39.7 Å². The number of carbonyl (C=O) groups excluding carboxylic acids is 1. The lowest BCUT2D eigenvalue weighted by Gasteiger charge is -2.18. The molecule has 2 aromatic carbocycles. The summed E-state index contributed by atoms with van der Waals surface area (Å²) in [4.78, 5) is 12.3. The molecule has 1 amide bonds. The monoisotopic (exact) mass is 329 g/mol. The molecule has 0 radical (unpaired) electrons. The van der Waals surface area contributed by atoms with Gasteiger partial charge in [0.05, 0.1) is 0 Å². The van der Waals surface area contributed by atoms with Gasteiger partial charge in [-0.05, 0) is 67.6 Å². The van der Waals surface area contributed by atoms with Crippen molar-refractivity contribution in [3.8, 4) is 5.75 Å². The first-order valence-corrected chi connectivity index (χ1v) is 8.25. The van der Waals surface area contributed by atoms with Crippen molar-refractivity contribution in [3.63, 3.8) is 0 Å². The average molecular weight is 329 g/mol. The van der Waals surface area contributed by atoms with Crippen LogP contribution in [0.5, 0.6) is 5.75 Å². The summed E-state index contributed by atoms with van der Waals surface area (Å²) in [5.41, 5.74) is 3.32. The van der Waals surface area contributed by atoms with Crippen LogP contribution in [0.2, 0.25) is 0 Å². The van der Waals surface area contributed by atoms with Crippen molar-refractivity contribution in [1.29, 1.82) is 0 Å². The predicted molar refractivity (Wildman–Crippen MR) is 93.7 cm³/mol. The molecule has 2 aromatic rings. The highest BCUT2D eigenvalue weighted by molar-refractivity contribution is 5.81. The Bertz CT molecular complexity index is 683. The molecule has 4 heteroatoms. The molecular formula is C20H24FNO2. The second kappa shape index (κ2) is 8.48. The van der Waals surface area contributed by atoms with Crippen LogP contribution in [0, 0.1) is 19.7 Å². The van der Waals surface area contributed by atoms with E-state index in [1.807, 2.05) is 39.0 Å². The van der Waals surface area contributed by atoms with E-state index in [9.17, 15) is 9.18 Å². The maximum absolute atomic E-state index is 12.9. The Balaban J connectivity index is 1.86. The molecule has 0 saturated heterocycles. The van der Waals surface area contributed by atoms with Crippen LogP contribution in [0.4, 0.5) is 4.39 Å². The number of benzene rings is 2. The SMILES string of the molecule is CCC(Oc1ccc(C)c(C)c1)C(=O)NCCc1ccc(F)cc1. The Morgan fingerprint density at radius 1 is 1.12 bits per heavy atom. The molecule has 2 rings (SSSR count). The molecular weight excluding hydrogens is 305 g/mol. The van der Waals surface area contributed by atoms with Crippen molar-refractivity contribution in [2.75, 3.05) is 6.54 Å². The molecule has 24 heavy (non-hydrogen) atoms. The maximum Gasteiger partial charge on any atom is 0.261 e. The molecule has 0 aliphatic rings. The van der Waals surface area contributed by atoms with Crippen LogP contribution < -0.4 is 10.1 Å². The van der Waals surface area contributed by atoms with E-state index in [0.717, 1.165) is 11.1 Å². The molecule has 0 fully saturated rings. The molecule has 3 nitrogen and oxygen atoms in total. The van der Waals surface area contributed by atoms with Crippen LogP contribution in [-0.4, -0.2) is 18.6 Å². The average Bonchev–Trinajstić information content (AvgIpc) is 2.57. The minimum Gasteiger partial charge on any atom is -0.481 e. The zero-order valence-electron chi connectivity index (χ0n) is 14.4. The number of rotatable bonds is 7. The highest BCUT2D eigenvalue weighted by Crippen LogP contribution is 2.18. The van der Waals surface area contributed by atoms with E-state index in [4.69, 9.17) is 4.74 Å². The first-order valence-electron chi connectivity index (χ1n) is 8.25. The lowest BCUT2D eigenvalue weighted by molar-refractivity contribution is -0.128. The minimum absolute atomic E-state index is 0.127. The lowest BCUT2D eigenvalue weighted by Crippen LogP contribution is -2.38. The molecule has 0 saturated carbocycles. The van der Waals surface area contributed by atoms with Gasteiger partial charge < -0.3 is 10.1 Å². The van der Waals surface area contributed by atoms with Gasteiger partial charge in [0.1, 0.15) is 11.6 Å². The summed E-state index contributed by atoms with van der Waals surface area (Å²) >= 11 is 0. The highest BCUT2D eigenvalue weighted by Gasteiger charge is 2.18. The van der Waals surface area contributed by atoms with Crippen LogP contribution in [0.25, 0.3) is 0 Å². The smallest absolute Gasteiger partial charge is 0.261 e. The van der Waals surface area contributed by atoms with E-state index in [1.165, 1.54) is 17.7 Å². The first-order chi connectivity index (χ1) is 11.5. The summed E-state index contributed by atoms with van der Waals surface area (Å²) in [6, 6.07) is 12.1. The molecule has 128 valence electrons. The molecule has 0 aliphatic heterocycles. The standard InChI is InChI=1S/C20H24FNO2/c1-4-19(24-18-10-5-14(2)15(3)13-18)20(23)22-12-11-16-6-8-17(21)9-7-16/h5-10,13,19H,4,11-12H2,1-3H3,(H,22,23). The maximum atomic E-state index is 12.9. The summed E-state index contributed by atoms with van der Waals surface area (Å²) in [5.74, 6) is 0.326. The van der Waals surface area contributed by atoms with Crippen LogP contribution in [-0.2, 0) is 11.2 Å². The van der Waals surface area contributed by atoms with Gasteiger partial charge in [0.25, 0.3) is 5.91 Å². The van der Waals surface area contributed by atoms with Crippen molar-refractivity contribution in [1.82, 2.24) is 5.32 Å². The van der Waals surface area contributed by atoms with Crippen molar-refractivity contribution < 1.29 is 13.9 Å². The third-order valence-electron chi connectivity index (χ3n) is 4.05. The van der Waals surface area contributed by atoms with Crippen LogP contribution in [0.1, 0.15) is 30.0 Å². The summed E-state index contributed by atoms with van der Waals surface area (Å²) in [5, 5.41) is 2.89. The van der Waals surface area contributed by atoms with Gasteiger partial charge in [-0.25, -0.2) is 4.39 Å². The van der Waals surface area contributed by atoms with E-state index in [-0.39, 0.29) is 11.7 Å². The molecule has 1 atom stereocenters. The van der Waals surface area contributed by atoms with E-state index in [1.54, 1.807) is 12.1 Å². The second-order valence-corrected chi connectivity index (χ2v) is 5.93. The van der Waals surface area contributed by atoms with Gasteiger partial charge in [0.15, 0.2) is 6.10 Å². The summed E-state index contributed by atoms with van der Waals surface area (Å²) in [6.07, 6.45) is 0.738. The number of halogens is 1. The number of amides is 1. The van der Waals surface area contributed by atoms with Gasteiger partial charge in [0, 0.05) is 6.54 Å². The first kappa shape index (κ1) is 18.0. The quantitative estimate of drug-likeness (QED) is 0.835. The summed E-state index contributed by atoms with van der Waals surface area (Å²) in [6.45, 7) is 6.48. The topological polar surface area (TPSA) is 38.3 Å². The summed E-state index contributed by atoms with van der Waals surface area (Å²) < 4.78 is 18.7. The van der Waals surface area contributed by atoms with Gasteiger partial charge >= 0.3 is 0 Å². The molecule has 1 unspecified atom stereocenters. The Kier molecular flexibility index (Phi) is 6.36. The second-order valence-electron chi connectivity index (χ2n) is 5.93. The third-order valence-corrected chi connectivity index (χ3v) is 4.05. The van der Waals surface area contributed by atoms with Crippen LogP contribution in [0.15, 0.2) is 42.5 Å². The van der Waals surface area contributed by atoms with Crippen molar-refractivity contribution in [3.05, 3.63) is 65.0 Å². The van der Waals surface area contributed by atoms with Gasteiger partial charge in [-0.2, -0.15) is 0 Å². The van der Waals surface area contributed by atoms with Gasteiger partial charge in [-0.15, -0.1) is 0 Å². The fourth-order valence-electron chi connectivity index (χ4n) is 2.37. The molecule has 0 aliphatic carbocycles. The highest BCUT2D eigenvalue weighted by atomic mass is 19.1. The lowest BCUT2D eigenvalue weighted by atomic mass is 10.1. The fraction of sp³-hybridized carbons (Fsp3) is 0.350. The van der Waals surface area contributed by atoms with Crippen LogP contribution in [0.3, 0.4) is 0 Å². The van der Waals surface area contributed by atoms with E-state index in [2.05, 4.69) is 5.32 Å². The van der Waals surface area contributed by atoms with Gasteiger partial charge in [-0.3, -0.25) is 4.79 Å². The zero-order chi connectivity index (χ0) is 17.5. The molecule has 0 spiro atoms. The Labute approximate surface area is 142 Å². The normalized spacial score (nSPS) is 11.8. The van der Waals surface area contributed by atoms with Crippen molar-refractivity contribution >= 4 is 5.91 Å². The number of aryl methyl sites for hydroxylation is 2. The Hall–Kier alpha value is -2.36. The Morgan fingerprint density at radius 2 is 1.83 bits per heavy atom. The van der Waals surface area contributed by atoms with Crippen LogP contribution >= 0.6 is 0 Å². The van der Waals surface area contributed by atoms with E-state index < -0.39 is 6.10 Å². The number of hydrogen-bond acceptors (Lipinski definition) is 2. The molecule has 0 heterocycles.